The van der Waals surface area contributed by atoms with E-state index < -0.39 is 0 Å². The first-order valence-electron chi connectivity index (χ1n) is 8.04. The van der Waals surface area contributed by atoms with Gasteiger partial charge < -0.3 is 9.64 Å². The summed E-state index contributed by atoms with van der Waals surface area (Å²) in [6.45, 7) is 1.91. The van der Waals surface area contributed by atoms with Gasteiger partial charge in [0.2, 0.25) is 5.91 Å². The maximum atomic E-state index is 12.7. The Balaban J connectivity index is 1.48. The molecule has 0 saturated carbocycles. The Bertz CT molecular complexity index is 846. The number of rotatable bonds is 3. The third-order valence-corrected chi connectivity index (χ3v) is 4.30. The van der Waals surface area contributed by atoms with Gasteiger partial charge in [0.1, 0.15) is 18.2 Å². The van der Waals surface area contributed by atoms with Crippen LogP contribution in [0.2, 0.25) is 0 Å². The fraction of sp³-hybridized carbons (Fsp3) is 0.278. The molecule has 0 spiro atoms. The normalized spacial score (nSPS) is 18.0. The Morgan fingerprint density at radius 3 is 2.79 bits per heavy atom. The van der Waals surface area contributed by atoms with Crippen molar-refractivity contribution in [2.75, 3.05) is 19.7 Å². The number of morpholine rings is 1. The predicted molar refractivity (Wildman–Crippen MR) is 89.2 cm³/mol. The topological polar surface area (TPSA) is 60.2 Å². The highest BCUT2D eigenvalue weighted by molar-refractivity contribution is 5.79. The van der Waals surface area contributed by atoms with Crippen LogP contribution in [0.3, 0.4) is 0 Å². The Labute approximate surface area is 139 Å². The van der Waals surface area contributed by atoms with Gasteiger partial charge in [-0.25, -0.2) is 4.68 Å². The zero-order valence-corrected chi connectivity index (χ0v) is 13.2. The van der Waals surface area contributed by atoms with Crippen molar-refractivity contribution < 1.29 is 9.53 Å². The molecule has 1 aromatic heterocycles. The Kier molecular flexibility index (Phi) is 3.96. The number of carbonyl (C=O) groups excluding carboxylic acids is 1. The molecule has 2 heterocycles. The van der Waals surface area contributed by atoms with Crippen LogP contribution in [0.1, 0.15) is 11.7 Å². The molecule has 4 rings (SSSR count). The number of benzene rings is 2. The van der Waals surface area contributed by atoms with Crippen molar-refractivity contribution in [3.63, 3.8) is 0 Å². The number of carbonyl (C=O) groups is 1. The molecule has 0 N–H and O–H groups in total. The molecule has 0 radical (unpaired) electrons. The van der Waals surface area contributed by atoms with Gasteiger partial charge in [0.15, 0.2) is 0 Å². The lowest BCUT2D eigenvalue weighted by atomic mass is 10.1. The monoisotopic (exact) mass is 322 g/mol. The molecule has 1 atom stereocenters. The molecule has 1 amide bonds. The van der Waals surface area contributed by atoms with Crippen LogP contribution in [0, 0.1) is 0 Å². The van der Waals surface area contributed by atoms with E-state index in [1.807, 2.05) is 59.5 Å². The first-order chi connectivity index (χ1) is 11.8. The predicted octanol–water partition coefficient (Wildman–Crippen LogP) is 2.03. The van der Waals surface area contributed by atoms with Crippen LogP contribution in [-0.2, 0) is 16.1 Å². The summed E-state index contributed by atoms with van der Waals surface area (Å²) in [7, 11) is 0. The standard InChI is InChI=1S/C18H18N4O2/c23-18(13-22-16-9-5-4-8-15(16)19-20-22)21-10-11-24-17(12-21)14-6-2-1-3-7-14/h1-9,17H,10-13H2. The average molecular weight is 322 g/mol. The number of para-hydroxylation sites is 1. The summed E-state index contributed by atoms with van der Waals surface area (Å²) >= 11 is 0. The number of nitrogens with zero attached hydrogens (tertiary/aromatic N) is 4. The molecule has 6 nitrogen and oxygen atoms in total. The molecule has 1 fully saturated rings. The molecule has 1 aliphatic heterocycles. The minimum absolute atomic E-state index is 0.0369. The van der Waals surface area contributed by atoms with E-state index in [2.05, 4.69) is 10.3 Å². The third-order valence-electron chi connectivity index (χ3n) is 4.30. The number of aromatic nitrogens is 3. The van der Waals surface area contributed by atoms with Gasteiger partial charge in [0.05, 0.1) is 18.7 Å². The molecular formula is C18H18N4O2. The average Bonchev–Trinajstić information content (AvgIpc) is 3.06. The van der Waals surface area contributed by atoms with Gasteiger partial charge in [0, 0.05) is 6.54 Å². The number of amides is 1. The molecule has 1 unspecified atom stereocenters. The van der Waals surface area contributed by atoms with Gasteiger partial charge in [-0.15, -0.1) is 5.10 Å². The zero-order chi connectivity index (χ0) is 16.4. The van der Waals surface area contributed by atoms with E-state index >= 15 is 0 Å². The van der Waals surface area contributed by atoms with Crippen LogP contribution in [0.25, 0.3) is 11.0 Å². The van der Waals surface area contributed by atoms with Crippen LogP contribution in [0.5, 0.6) is 0 Å². The van der Waals surface area contributed by atoms with Crippen molar-refractivity contribution in [3.05, 3.63) is 60.2 Å². The molecule has 3 aromatic rings. The van der Waals surface area contributed by atoms with E-state index in [4.69, 9.17) is 4.74 Å². The Morgan fingerprint density at radius 1 is 1.12 bits per heavy atom. The second-order valence-corrected chi connectivity index (χ2v) is 5.85. The number of fused-ring (bicyclic) bond motifs is 1. The molecule has 1 aliphatic rings. The first-order valence-corrected chi connectivity index (χ1v) is 8.04. The number of ether oxygens (including phenoxy) is 1. The second kappa shape index (κ2) is 6.41. The SMILES string of the molecule is O=C(Cn1nnc2ccccc21)N1CCOC(c2ccccc2)C1. The van der Waals surface area contributed by atoms with Crippen molar-refractivity contribution in [1.82, 2.24) is 19.9 Å². The summed E-state index contributed by atoms with van der Waals surface area (Å²) in [5.74, 6) is 0.0369. The number of hydrogen-bond acceptors (Lipinski definition) is 4. The van der Waals surface area contributed by atoms with Gasteiger partial charge in [0.25, 0.3) is 0 Å². The fourth-order valence-electron chi connectivity index (χ4n) is 3.01. The van der Waals surface area contributed by atoms with E-state index in [9.17, 15) is 4.79 Å². The van der Waals surface area contributed by atoms with Gasteiger partial charge in [-0.1, -0.05) is 47.7 Å². The third kappa shape index (κ3) is 2.88. The van der Waals surface area contributed by atoms with Crippen molar-refractivity contribution in [3.8, 4) is 0 Å². The summed E-state index contributed by atoms with van der Waals surface area (Å²) in [6.07, 6.45) is -0.0728. The van der Waals surface area contributed by atoms with Gasteiger partial charge in [-0.3, -0.25) is 4.79 Å². The minimum Gasteiger partial charge on any atom is -0.370 e. The van der Waals surface area contributed by atoms with E-state index in [-0.39, 0.29) is 18.6 Å². The van der Waals surface area contributed by atoms with Gasteiger partial charge in [-0.2, -0.15) is 0 Å². The van der Waals surface area contributed by atoms with E-state index in [0.717, 1.165) is 16.6 Å². The molecule has 0 aliphatic carbocycles. The van der Waals surface area contributed by atoms with E-state index in [1.54, 1.807) is 4.68 Å². The van der Waals surface area contributed by atoms with E-state index in [1.165, 1.54) is 0 Å². The summed E-state index contributed by atoms with van der Waals surface area (Å²) in [5, 5.41) is 8.19. The maximum Gasteiger partial charge on any atom is 0.244 e. The molecule has 0 bridgehead atoms. The minimum atomic E-state index is -0.0728. The highest BCUT2D eigenvalue weighted by Gasteiger charge is 2.25. The van der Waals surface area contributed by atoms with Crippen molar-refractivity contribution in [2.24, 2.45) is 0 Å². The summed E-state index contributed by atoms with van der Waals surface area (Å²) in [6, 6.07) is 17.7. The molecule has 24 heavy (non-hydrogen) atoms. The van der Waals surface area contributed by atoms with Crippen LogP contribution >= 0.6 is 0 Å². The summed E-state index contributed by atoms with van der Waals surface area (Å²) in [4.78, 5) is 14.5. The highest BCUT2D eigenvalue weighted by atomic mass is 16.5. The molecular weight excluding hydrogens is 304 g/mol. The van der Waals surface area contributed by atoms with Gasteiger partial charge >= 0.3 is 0 Å². The Hall–Kier alpha value is -2.73. The smallest absolute Gasteiger partial charge is 0.244 e. The lowest BCUT2D eigenvalue weighted by Crippen LogP contribution is -2.43. The highest BCUT2D eigenvalue weighted by Crippen LogP contribution is 2.22. The van der Waals surface area contributed by atoms with Crippen molar-refractivity contribution in [1.29, 1.82) is 0 Å². The summed E-state index contributed by atoms with van der Waals surface area (Å²) < 4.78 is 7.48. The van der Waals surface area contributed by atoms with Gasteiger partial charge in [-0.05, 0) is 17.7 Å². The number of hydrogen-bond donors (Lipinski definition) is 0. The van der Waals surface area contributed by atoms with Crippen molar-refractivity contribution in [2.45, 2.75) is 12.6 Å². The molecule has 122 valence electrons. The van der Waals surface area contributed by atoms with E-state index in [0.29, 0.717) is 19.7 Å². The van der Waals surface area contributed by atoms with Crippen LogP contribution in [-0.4, -0.2) is 45.5 Å². The quantitative estimate of drug-likeness (QED) is 0.740. The summed E-state index contributed by atoms with van der Waals surface area (Å²) in [5.41, 5.74) is 2.77. The lowest BCUT2D eigenvalue weighted by Gasteiger charge is -2.33. The first kappa shape index (κ1) is 14.8. The lowest BCUT2D eigenvalue weighted by molar-refractivity contribution is -0.139. The second-order valence-electron chi connectivity index (χ2n) is 5.85. The van der Waals surface area contributed by atoms with Crippen LogP contribution in [0.15, 0.2) is 54.6 Å². The Morgan fingerprint density at radius 2 is 1.92 bits per heavy atom. The zero-order valence-electron chi connectivity index (χ0n) is 13.2. The van der Waals surface area contributed by atoms with Crippen molar-refractivity contribution >= 4 is 16.9 Å². The molecule has 6 heteroatoms. The molecule has 1 saturated heterocycles. The van der Waals surface area contributed by atoms with Crippen LogP contribution in [0.4, 0.5) is 0 Å². The maximum absolute atomic E-state index is 12.7. The van der Waals surface area contributed by atoms with Crippen LogP contribution < -0.4 is 0 Å². The molecule has 2 aromatic carbocycles. The fourth-order valence-corrected chi connectivity index (χ4v) is 3.01. The largest absolute Gasteiger partial charge is 0.370 e.